The monoisotopic (exact) mass is 440 g/mol. The number of nitrogens with one attached hydrogen (secondary N) is 2. The Kier molecular flexibility index (Phi) is 11.0. The summed E-state index contributed by atoms with van der Waals surface area (Å²) >= 11 is 0. The van der Waals surface area contributed by atoms with E-state index in [1.54, 1.807) is 7.11 Å². The van der Waals surface area contributed by atoms with Crippen LogP contribution < -0.4 is 10.6 Å². The summed E-state index contributed by atoms with van der Waals surface area (Å²) in [7, 11) is 1.65. The van der Waals surface area contributed by atoms with Crippen molar-refractivity contribution in [1.82, 2.24) is 10.6 Å². The lowest BCUT2D eigenvalue weighted by Crippen LogP contribution is -2.63. The van der Waals surface area contributed by atoms with E-state index in [1.807, 2.05) is 32.9 Å². The van der Waals surface area contributed by atoms with E-state index in [-0.39, 0.29) is 23.9 Å². The van der Waals surface area contributed by atoms with Gasteiger partial charge in [-0.3, -0.25) is 14.9 Å². The van der Waals surface area contributed by atoms with Crippen molar-refractivity contribution in [2.24, 2.45) is 5.92 Å². The fourth-order valence-electron chi connectivity index (χ4n) is 3.68. The molecule has 0 bridgehead atoms. The van der Waals surface area contributed by atoms with E-state index in [0.29, 0.717) is 6.42 Å². The maximum Gasteiger partial charge on any atom is 0.490 e. The zero-order chi connectivity index (χ0) is 23.7. The number of ether oxygens (including phenoxy) is 1. The number of hydrogen-bond donors (Lipinski definition) is 4. The first-order valence-corrected chi connectivity index (χ1v) is 9.53. The van der Waals surface area contributed by atoms with Crippen LogP contribution in [-0.4, -0.2) is 65.1 Å². The molecule has 1 fully saturated rings. The molecule has 0 saturated carbocycles. The first kappa shape index (κ1) is 27.9. The number of aliphatic carboxylic acids is 2. The van der Waals surface area contributed by atoms with Crippen LogP contribution in [-0.2, 0) is 19.1 Å². The third-order valence-electron chi connectivity index (χ3n) is 5.23. The van der Waals surface area contributed by atoms with Gasteiger partial charge in [-0.25, -0.2) is 4.79 Å². The molecule has 0 spiro atoms. The van der Waals surface area contributed by atoms with Crippen LogP contribution in [0.5, 0.6) is 0 Å². The molecule has 4 atom stereocenters. The number of hydrogen-bond acceptors (Lipinski definition) is 5. The van der Waals surface area contributed by atoms with Gasteiger partial charge in [-0.1, -0.05) is 26.0 Å². The van der Waals surface area contributed by atoms with Gasteiger partial charge in [-0.15, -0.1) is 0 Å². The van der Waals surface area contributed by atoms with Crippen molar-refractivity contribution in [3.8, 4) is 0 Å². The fraction of sp³-hybridized carbons (Fsp3) is 0.737. The van der Waals surface area contributed by atoms with Crippen molar-refractivity contribution in [3.63, 3.8) is 0 Å². The van der Waals surface area contributed by atoms with Crippen LogP contribution in [0.25, 0.3) is 0 Å². The van der Waals surface area contributed by atoms with Crippen molar-refractivity contribution in [2.75, 3.05) is 7.11 Å². The smallest absolute Gasteiger partial charge is 0.480 e. The molecule has 0 unspecified atom stereocenters. The van der Waals surface area contributed by atoms with E-state index in [0.717, 1.165) is 12.8 Å². The highest BCUT2D eigenvalue weighted by atomic mass is 19.4. The third-order valence-corrected chi connectivity index (χ3v) is 5.23. The quantitative estimate of drug-likeness (QED) is 0.427. The lowest BCUT2D eigenvalue weighted by atomic mass is 9.79. The first-order valence-electron chi connectivity index (χ1n) is 9.53. The highest BCUT2D eigenvalue weighted by molar-refractivity contribution is 5.75. The predicted octanol–water partition coefficient (Wildman–Crippen LogP) is 2.34. The molecule has 1 rings (SSSR count). The summed E-state index contributed by atoms with van der Waals surface area (Å²) in [6.45, 7) is 7.45. The lowest BCUT2D eigenvalue weighted by Gasteiger charge is -2.43. The number of halogens is 3. The molecule has 1 saturated heterocycles. The molecule has 0 aromatic rings. The summed E-state index contributed by atoms with van der Waals surface area (Å²) in [6.07, 6.45) is 0.822. The molecule has 1 heterocycles. The van der Waals surface area contributed by atoms with Gasteiger partial charge in [0.1, 0.15) is 6.04 Å². The van der Waals surface area contributed by atoms with Gasteiger partial charge >= 0.3 is 18.1 Å². The molecule has 0 aromatic heterocycles. The minimum absolute atomic E-state index is 0.0329. The lowest BCUT2D eigenvalue weighted by molar-refractivity contribution is -0.192. The Labute approximate surface area is 173 Å². The topological polar surface area (TPSA) is 125 Å². The van der Waals surface area contributed by atoms with E-state index >= 15 is 0 Å². The summed E-state index contributed by atoms with van der Waals surface area (Å²) in [4.78, 5) is 32.0. The average molecular weight is 440 g/mol. The Morgan fingerprint density at radius 2 is 1.73 bits per heavy atom. The number of rotatable bonds is 8. The second-order valence-corrected chi connectivity index (χ2v) is 6.97. The van der Waals surface area contributed by atoms with Crippen LogP contribution in [0.15, 0.2) is 12.2 Å². The van der Waals surface area contributed by atoms with E-state index in [9.17, 15) is 27.9 Å². The normalized spacial score (nSPS) is 22.9. The Balaban J connectivity index is 0.00000103. The van der Waals surface area contributed by atoms with Gasteiger partial charge in [0.15, 0.2) is 0 Å². The molecule has 0 radical (unpaired) electrons. The highest BCUT2D eigenvalue weighted by Gasteiger charge is 2.48. The van der Waals surface area contributed by atoms with Gasteiger partial charge in [0.05, 0.1) is 11.6 Å². The van der Waals surface area contributed by atoms with Crippen LogP contribution in [0.4, 0.5) is 13.2 Å². The van der Waals surface area contributed by atoms with Crippen LogP contribution >= 0.6 is 0 Å². The number of carboxylic acid groups (broad SMARTS) is 2. The molecular formula is C19H31F3N2O6. The fourth-order valence-corrected chi connectivity index (χ4v) is 3.68. The van der Waals surface area contributed by atoms with Gasteiger partial charge < -0.3 is 20.3 Å². The SMILES string of the molecule is C/C=C\[C@H]1C[C@H](C(=O)O)N[C@H]1[C@@H](NC(C)=O)C(CC)(CC)OC.O=C(O)C(F)(F)F. The Hall–Kier alpha value is -2.14. The second-order valence-electron chi connectivity index (χ2n) is 6.97. The highest BCUT2D eigenvalue weighted by Crippen LogP contribution is 2.34. The summed E-state index contributed by atoms with van der Waals surface area (Å²) < 4.78 is 37.5. The second kappa shape index (κ2) is 11.9. The minimum Gasteiger partial charge on any atom is -0.480 e. The molecular weight excluding hydrogens is 409 g/mol. The van der Waals surface area contributed by atoms with Crippen molar-refractivity contribution in [1.29, 1.82) is 0 Å². The van der Waals surface area contributed by atoms with Gasteiger partial charge in [0.25, 0.3) is 0 Å². The van der Waals surface area contributed by atoms with E-state index in [2.05, 4.69) is 10.6 Å². The zero-order valence-electron chi connectivity index (χ0n) is 17.7. The summed E-state index contributed by atoms with van der Waals surface area (Å²) in [5.74, 6) is -3.73. The molecule has 174 valence electrons. The van der Waals surface area contributed by atoms with Crippen LogP contribution in [0.3, 0.4) is 0 Å². The number of methoxy groups -OCH3 is 1. The van der Waals surface area contributed by atoms with Crippen molar-refractivity contribution in [3.05, 3.63) is 12.2 Å². The molecule has 0 aliphatic carbocycles. The van der Waals surface area contributed by atoms with E-state index in [1.165, 1.54) is 6.92 Å². The standard InChI is InChI=1S/C17H30N2O4.C2HF3O2/c1-6-9-12-10-13(16(21)22)19-14(12)15(18-11(4)20)17(7-2,8-3)23-5;3-2(4,5)1(6)7/h6,9,12-15,19H,7-8,10H2,1-5H3,(H,18,20)(H,21,22);(H,6,7)/b9-6-;/t12-,13+,14+,15+;/m0./s1. The summed E-state index contributed by atoms with van der Waals surface area (Å²) in [5, 5.41) is 22.7. The largest absolute Gasteiger partial charge is 0.490 e. The molecule has 8 nitrogen and oxygen atoms in total. The molecule has 4 N–H and O–H groups in total. The first-order chi connectivity index (χ1) is 13.8. The average Bonchev–Trinajstić information content (AvgIpc) is 3.06. The Morgan fingerprint density at radius 1 is 1.23 bits per heavy atom. The van der Waals surface area contributed by atoms with Gasteiger partial charge in [-0.2, -0.15) is 13.2 Å². The van der Waals surface area contributed by atoms with E-state index in [4.69, 9.17) is 14.6 Å². The Bertz CT molecular complexity index is 612. The zero-order valence-corrected chi connectivity index (χ0v) is 17.7. The van der Waals surface area contributed by atoms with Crippen molar-refractivity contribution >= 4 is 17.8 Å². The number of allylic oxidation sites excluding steroid dienone is 1. The number of alkyl halides is 3. The number of carboxylic acids is 2. The summed E-state index contributed by atoms with van der Waals surface area (Å²) in [6, 6.07) is -1.10. The molecule has 1 amide bonds. The van der Waals surface area contributed by atoms with Crippen LogP contribution in [0.1, 0.15) is 47.0 Å². The van der Waals surface area contributed by atoms with Crippen molar-refractivity contribution in [2.45, 2.75) is 76.9 Å². The molecule has 30 heavy (non-hydrogen) atoms. The van der Waals surface area contributed by atoms with Crippen LogP contribution in [0, 0.1) is 5.92 Å². The third kappa shape index (κ3) is 7.60. The van der Waals surface area contributed by atoms with Crippen LogP contribution in [0.2, 0.25) is 0 Å². The number of carbonyl (C=O) groups is 3. The molecule has 1 aliphatic heterocycles. The molecule has 0 aromatic carbocycles. The predicted molar refractivity (Wildman–Crippen MR) is 103 cm³/mol. The van der Waals surface area contributed by atoms with Crippen molar-refractivity contribution < 1.29 is 42.5 Å². The number of amides is 1. The number of carbonyl (C=O) groups excluding carboxylic acids is 1. The maximum absolute atomic E-state index is 11.8. The van der Waals surface area contributed by atoms with Gasteiger partial charge in [0, 0.05) is 20.1 Å². The molecule has 11 heteroatoms. The van der Waals surface area contributed by atoms with E-state index < -0.39 is 29.8 Å². The minimum atomic E-state index is -5.08. The Morgan fingerprint density at radius 3 is 2.03 bits per heavy atom. The molecule has 1 aliphatic rings. The maximum atomic E-state index is 11.8. The van der Waals surface area contributed by atoms with Gasteiger partial charge in [-0.05, 0) is 32.1 Å². The summed E-state index contributed by atoms with van der Waals surface area (Å²) in [5.41, 5.74) is -0.531. The van der Waals surface area contributed by atoms with Gasteiger partial charge in [0.2, 0.25) is 5.91 Å².